The summed E-state index contributed by atoms with van der Waals surface area (Å²) in [5.74, 6) is 3.26. The smallest absolute Gasteiger partial charge is 0.153 e. The number of ether oxygens (including phenoxy) is 1. The summed E-state index contributed by atoms with van der Waals surface area (Å²) in [5.41, 5.74) is 0. The molecular weight excluding hydrogens is 252 g/mol. The number of hydrogen-bond donors (Lipinski definition) is 2. The molecule has 1 fully saturated rings. The average molecular weight is 272 g/mol. The molecule has 0 amide bonds. The van der Waals surface area contributed by atoms with Crippen molar-refractivity contribution in [1.29, 1.82) is 0 Å². The number of nitrogens with zero attached hydrogens (tertiary/aromatic N) is 2. The van der Waals surface area contributed by atoms with E-state index in [1.807, 2.05) is 30.3 Å². The molecule has 106 valence electrons. The maximum atomic E-state index is 5.67. The van der Waals surface area contributed by atoms with Crippen LogP contribution in [-0.2, 0) is 6.42 Å². The molecule has 0 unspecified atom stereocenters. The van der Waals surface area contributed by atoms with Gasteiger partial charge in [-0.2, -0.15) is 5.10 Å². The minimum atomic E-state index is 0.497. The topological polar surface area (TPSA) is 62.8 Å². The van der Waals surface area contributed by atoms with Gasteiger partial charge in [0.05, 0.1) is 6.61 Å². The molecule has 1 aliphatic heterocycles. The monoisotopic (exact) mass is 272 g/mol. The first-order chi connectivity index (χ1) is 9.92. The normalized spacial score (nSPS) is 16.2. The van der Waals surface area contributed by atoms with Crippen LogP contribution in [0.2, 0.25) is 0 Å². The Morgan fingerprint density at radius 1 is 1.15 bits per heavy atom. The Hall–Kier alpha value is -1.88. The number of benzene rings is 1. The molecule has 2 N–H and O–H groups in total. The predicted octanol–water partition coefficient (Wildman–Crippen LogP) is 1.89. The molecule has 1 saturated heterocycles. The Kier molecular flexibility index (Phi) is 4.28. The van der Waals surface area contributed by atoms with Crippen LogP contribution in [-0.4, -0.2) is 34.9 Å². The van der Waals surface area contributed by atoms with Gasteiger partial charge in [0, 0.05) is 12.3 Å². The van der Waals surface area contributed by atoms with E-state index in [0.717, 1.165) is 49.8 Å². The fourth-order valence-corrected chi connectivity index (χ4v) is 2.47. The van der Waals surface area contributed by atoms with Crippen molar-refractivity contribution < 1.29 is 4.74 Å². The molecular formula is C15H20N4O. The lowest BCUT2D eigenvalue weighted by atomic mass is 9.98. The second-order valence-corrected chi connectivity index (χ2v) is 5.08. The Bertz CT molecular complexity index is 520. The van der Waals surface area contributed by atoms with Gasteiger partial charge in [0.25, 0.3) is 0 Å². The van der Waals surface area contributed by atoms with Gasteiger partial charge in [-0.25, -0.2) is 4.98 Å². The number of para-hydroxylation sites is 1. The summed E-state index contributed by atoms with van der Waals surface area (Å²) >= 11 is 0. The highest BCUT2D eigenvalue weighted by atomic mass is 16.5. The zero-order valence-electron chi connectivity index (χ0n) is 11.5. The summed E-state index contributed by atoms with van der Waals surface area (Å²) in [4.78, 5) is 4.59. The Morgan fingerprint density at radius 2 is 1.95 bits per heavy atom. The molecule has 3 rings (SSSR count). The molecule has 2 heterocycles. The van der Waals surface area contributed by atoms with Crippen molar-refractivity contribution in [1.82, 2.24) is 20.5 Å². The lowest BCUT2D eigenvalue weighted by Crippen LogP contribution is -2.27. The van der Waals surface area contributed by atoms with Crippen LogP contribution in [0.15, 0.2) is 30.3 Å². The summed E-state index contributed by atoms with van der Waals surface area (Å²) in [6.07, 6.45) is 3.00. The van der Waals surface area contributed by atoms with Gasteiger partial charge in [-0.1, -0.05) is 18.2 Å². The average Bonchev–Trinajstić information content (AvgIpc) is 2.98. The highest BCUT2D eigenvalue weighted by Gasteiger charge is 2.19. The van der Waals surface area contributed by atoms with Crippen LogP contribution in [0, 0.1) is 0 Å². The highest BCUT2D eigenvalue weighted by Crippen LogP contribution is 2.21. The van der Waals surface area contributed by atoms with E-state index in [1.54, 1.807) is 0 Å². The number of aromatic nitrogens is 3. The van der Waals surface area contributed by atoms with E-state index in [2.05, 4.69) is 20.5 Å². The van der Waals surface area contributed by atoms with Crippen molar-refractivity contribution in [3.05, 3.63) is 42.0 Å². The van der Waals surface area contributed by atoms with Crippen molar-refractivity contribution >= 4 is 0 Å². The molecule has 5 nitrogen and oxygen atoms in total. The van der Waals surface area contributed by atoms with Gasteiger partial charge in [-0.05, 0) is 38.1 Å². The summed E-state index contributed by atoms with van der Waals surface area (Å²) in [6, 6.07) is 9.84. The van der Waals surface area contributed by atoms with Crippen LogP contribution < -0.4 is 10.1 Å². The molecule has 0 spiro atoms. The fourth-order valence-electron chi connectivity index (χ4n) is 2.47. The number of hydrogen-bond acceptors (Lipinski definition) is 4. The second-order valence-electron chi connectivity index (χ2n) is 5.08. The highest BCUT2D eigenvalue weighted by molar-refractivity contribution is 5.20. The molecule has 5 heteroatoms. The quantitative estimate of drug-likeness (QED) is 0.872. The van der Waals surface area contributed by atoms with Crippen LogP contribution in [0.4, 0.5) is 0 Å². The van der Waals surface area contributed by atoms with Crippen molar-refractivity contribution in [3.63, 3.8) is 0 Å². The number of piperidine rings is 1. The molecule has 0 atom stereocenters. The van der Waals surface area contributed by atoms with Crippen LogP contribution in [0.1, 0.15) is 30.4 Å². The molecule has 1 aliphatic rings. The predicted molar refractivity (Wildman–Crippen MR) is 76.9 cm³/mol. The standard InChI is InChI=1S/C15H20N4O/c1-2-4-13(5-3-1)20-11-8-14-17-15(19-18-14)12-6-9-16-10-7-12/h1-5,12,16H,6-11H2,(H,17,18,19). The SMILES string of the molecule is c1ccc(OCCc2nc(C3CCNCC3)n[nH]2)cc1. The van der Waals surface area contributed by atoms with Gasteiger partial charge in [-0.15, -0.1) is 0 Å². The maximum Gasteiger partial charge on any atom is 0.153 e. The lowest BCUT2D eigenvalue weighted by Gasteiger charge is -2.19. The van der Waals surface area contributed by atoms with Crippen LogP contribution in [0.3, 0.4) is 0 Å². The maximum absolute atomic E-state index is 5.67. The minimum Gasteiger partial charge on any atom is -0.493 e. The first-order valence-electron chi connectivity index (χ1n) is 7.21. The van der Waals surface area contributed by atoms with Gasteiger partial charge in [0.1, 0.15) is 11.6 Å². The summed E-state index contributed by atoms with van der Waals surface area (Å²) in [5, 5.41) is 10.7. The largest absolute Gasteiger partial charge is 0.493 e. The van der Waals surface area contributed by atoms with Crippen molar-refractivity contribution in [2.24, 2.45) is 0 Å². The van der Waals surface area contributed by atoms with E-state index < -0.39 is 0 Å². The molecule has 0 aliphatic carbocycles. The first-order valence-corrected chi connectivity index (χ1v) is 7.21. The van der Waals surface area contributed by atoms with Gasteiger partial charge in [0.15, 0.2) is 5.82 Å². The molecule has 0 radical (unpaired) electrons. The van der Waals surface area contributed by atoms with E-state index in [4.69, 9.17) is 4.74 Å². The van der Waals surface area contributed by atoms with Gasteiger partial charge < -0.3 is 10.1 Å². The van der Waals surface area contributed by atoms with E-state index >= 15 is 0 Å². The van der Waals surface area contributed by atoms with Crippen molar-refractivity contribution in [2.75, 3.05) is 19.7 Å². The van der Waals surface area contributed by atoms with Crippen LogP contribution in [0.5, 0.6) is 5.75 Å². The third-order valence-electron chi connectivity index (χ3n) is 3.60. The minimum absolute atomic E-state index is 0.497. The van der Waals surface area contributed by atoms with E-state index in [0.29, 0.717) is 12.5 Å². The Labute approximate surface area is 118 Å². The molecule has 1 aromatic heterocycles. The van der Waals surface area contributed by atoms with Crippen molar-refractivity contribution in [3.8, 4) is 5.75 Å². The number of nitrogens with one attached hydrogen (secondary N) is 2. The second kappa shape index (κ2) is 6.52. The summed E-state index contributed by atoms with van der Waals surface area (Å²) in [6.45, 7) is 2.74. The zero-order chi connectivity index (χ0) is 13.6. The van der Waals surface area contributed by atoms with E-state index in [9.17, 15) is 0 Å². The van der Waals surface area contributed by atoms with Gasteiger partial charge in [-0.3, -0.25) is 5.10 Å². The van der Waals surface area contributed by atoms with Crippen molar-refractivity contribution in [2.45, 2.75) is 25.2 Å². The third-order valence-corrected chi connectivity index (χ3v) is 3.60. The van der Waals surface area contributed by atoms with E-state index in [1.165, 1.54) is 0 Å². The molecule has 1 aromatic carbocycles. The third kappa shape index (κ3) is 3.36. The fraction of sp³-hybridized carbons (Fsp3) is 0.467. The Balaban J connectivity index is 1.50. The zero-order valence-corrected chi connectivity index (χ0v) is 11.5. The molecule has 20 heavy (non-hydrogen) atoms. The van der Waals surface area contributed by atoms with E-state index in [-0.39, 0.29) is 0 Å². The Morgan fingerprint density at radius 3 is 2.75 bits per heavy atom. The number of rotatable bonds is 5. The molecule has 0 bridgehead atoms. The lowest BCUT2D eigenvalue weighted by molar-refractivity contribution is 0.319. The molecule has 2 aromatic rings. The van der Waals surface area contributed by atoms with Gasteiger partial charge in [0.2, 0.25) is 0 Å². The summed E-state index contributed by atoms with van der Waals surface area (Å²) in [7, 11) is 0. The number of H-pyrrole nitrogens is 1. The number of aromatic amines is 1. The van der Waals surface area contributed by atoms with Crippen LogP contribution >= 0.6 is 0 Å². The van der Waals surface area contributed by atoms with Gasteiger partial charge >= 0.3 is 0 Å². The van der Waals surface area contributed by atoms with Crippen LogP contribution in [0.25, 0.3) is 0 Å². The molecule has 0 saturated carbocycles. The summed E-state index contributed by atoms with van der Waals surface area (Å²) < 4.78 is 5.67. The first kappa shape index (κ1) is 13.1.